The molecular formula is C14H16FN3O. The lowest BCUT2D eigenvalue weighted by Gasteiger charge is -2.10. The molecule has 0 radical (unpaired) electrons. The highest BCUT2D eigenvalue weighted by atomic mass is 19.1. The lowest BCUT2D eigenvalue weighted by molar-refractivity contribution is 0.285. The highest BCUT2D eigenvalue weighted by Crippen LogP contribution is 2.17. The number of hydrogen-bond donors (Lipinski definition) is 1. The highest BCUT2D eigenvalue weighted by Gasteiger charge is 2.07. The van der Waals surface area contributed by atoms with E-state index in [0.29, 0.717) is 17.4 Å². The van der Waals surface area contributed by atoms with Gasteiger partial charge in [0, 0.05) is 23.9 Å². The van der Waals surface area contributed by atoms with Gasteiger partial charge in [0.1, 0.15) is 12.4 Å². The van der Waals surface area contributed by atoms with Crippen molar-refractivity contribution in [1.82, 2.24) is 9.97 Å². The Balaban J connectivity index is 2.10. The molecule has 1 N–H and O–H groups in total. The Hall–Kier alpha value is -2.17. The third-order valence-electron chi connectivity index (χ3n) is 2.58. The molecule has 2 rings (SSSR count). The van der Waals surface area contributed by atoms with Crippen molar-refractivity contribution in [2.24, 2.45) is 0 Å². The zero-order chi connectivity index (χ0) is 13.7. The summed E-state index contributed by atoms with van der Waals surface area (Å²) in [6.45, 7) is 4.70. The average molecular weight is 261 g/mol. The summed E-state index contributed by atoms with van der Waals surface area (Å²) in [5.74, 6) is 0.701. The molecule has 0 bridgehead atoms. The molecule has 0 aliphatic heterocycles. The molecule has 0 unspecified atom stereocenters. The molecule has 1 aromatic carbocycles. The Labute approximate surface area is 111 Å². The third-order valence-corrected chi connectivity index (χ3v) is 2.58. The van der Waals surface area contributed by atoms with Gasteiger partial charge in [-0.15, -0.1) is 0 Å². The minimum Gasteiger partial charge on any atom is -0.472 e. The summed E-state index contributed by atoms with van der Waals surface area (Å²) in [5.41, 5.74) is 1.32. The van der Waals surface area contributed by atoms with Crippen molar-refractivity contribution >= 4 is 5.95 Å². The molecule has 4 nitrogen and oxygen atoms in total. The van der Waals surface area contributed by atoms with E-state index in [1.165, 1.54) is 6.07 Å². The molecule has 19 heavy (non-hydrogen) atoms. The van der Waals surface area contributed by atoms with E-state index in [2.05, 4.69) is 15.3 Å². The lowest BCUT2D eigenvalue weighted by atomic mass is 10.2. The Morgan fingerprint density at radius 1 is 1.32 bits per heavy atom. The molecule has 0 fully saturated rings. The fourth-order valence-electron chi connectivity index (χ4n) is 1.58. The minimum atomic E-state index is -0.277. The van der Waals surface area contributed by atoms with Crippen LogP contribution < -0.4 is 10.1 Å². The number of halogens is 1. The van der Waals surface area contributed by atoms with Crippen molar-refractivity contribution in [2.45, 2.75) is 20.5 Å². The van der Waals surface area contributed by atoms with Gasteiger partial charge >= 0.3 is 0 Å². The molecule has 1 aromatic heterocycles. The zero-order valence-electron chi connectivity index (χ0n) is 11.0. The van der Waals surface area contributed by atoms with E-state index in [9.17, 15) is 4.39 Å². The quantitative estimate of drug-likeness (QED) is 0.899. The number of benzene rings is 1. The van der Waals surface area contributed by atoms with Crippen molar-refractivity contribution in [3.05, 3.63) is 47.4 Å². The number of aromatic nitrogens is 2. The number of hydrogen-bond acceptors (Lipinski definition) is 4. The van der Waals surface area contributed by atoms with Gasteiger partial charge in [-0.1, -0.05) is 18.2 Å². The summed E-state index contributed by atoms with van der Waals surface area (Å²) in [7, 11) is 0. The maximum Gasteiger partial charge on any atom is 0.225 e. The van der Waals surface area contributed by atoms with Gasteiger partial charge in [0.15, 0.2) is 0 Å². The maximum atomic E-state index is 13.5. The summed E-state index contributed by atoms with van der Waals surface area (Å²) in [5, 5.41) is 3.01. The van der Waals surface area contributed by atoms with Gasteiger partial charge in [0.2, 0.25) is 11.8 Å². The standard InChI is InChI=1S/C14H16FN3O/c1-3-16-14-17-8-10(2)13(18-14)19-9-11-6-4-5-7-12(11)15/h4-8H,3,9H2,1-2H3,(H,16,17,18). The second kappa shape index (κ2) is 6.13. The minimum absolute atomic E-state index is 0.149. The van der Waals surface area contributed by atoms with E-state index >= 15 is 0 Å². The Bertz CT molecular complexity index is 560. The smallest absolute Gasteiger partial charge is 0.225 e. The largest absolute Gasteiger partial charge is 0.472 e. The zero-order valence-corrected chi connectivity index (χ0v) is 11.0. The molecule has 0 aliphatic carbocycles. The van der Waals surface area contributed by atoms with Gasteiger partial charge in [0.05, 0.1) is 0 Å². The normalized spacial score (nSPS) is 10.3. The van der Waals surface area contributed by atoms with E-state index in [1.54, 1.807) is 24.4 Å². The van der Waals surface area contributed by atoms with Crippen LogP contribution in [0.15, 0.2) is 30.5 Å². The van der Waals surface area contributed by atoms with E-state index in [-0.39, 0.29) is 12.4 Å². The SMILES string of the molecule is CCNc1ncc(C)c(OCc2ccccc2F)n1. The Morgan fingerprint density at radius 2 is 2.11 bits per heavy atom. The van der Waals surface area contributed by atoms with E-state index < -0.39 is 0 Å². The molecule has 2 aromatic rings. The molecule has 0 aliphatic rings. The van der Waals surface area contributed by atoms with Gasteiger partial charge in [-0.2, -0.15) is 4.98 Å². The maximum absolute atomic E-state index is 13.5. The second-order valence-corrected chi connectivity index (χ2v) is 4.09. The van der Waals surface area contributed by atoms with Gasteiger partial charge < -0.3 is 10.1 Å². The number of nitrogens with one attached hydrogen (secondary N) is 1. The first-order valence-corrected chi connectivity index (χ1v) is 6.14. The van der Waals surface area contributed by atoms with E-state index in [1.807, 2.05) is 13.8 Å². The first-order valence-electron chi connectivity index (χ1n) is 6.14. The van der Waals surface area contributed by atoms with Crippen LogP contribution in [0.3, 0.4) is 0 Å². The van der Waals surface area contributed by atoms with Crippen molar-refractivity contribution in [3.8, 4) is 5.88 Å². The van der Waals surface area contributed by atoms with Crippen LogP contribution in [-0.4, -0.2) is 16.5 Å². The molecule has 0 atom stereocenters. The average Bonchev–Trinajstić information content (AvgIpc) is 2.41. The lowest BCUT2D eigenvalue weighted by Crippen LogP contribution is -2.06. The predicted molar refractivity (Wildman–Crippen MR) is 71.7 cm³/mol. The Morgan fingerprint density at radius 3 is 2.84 bits per heavy atom. The van der Waals surface area contributed by atoms with Gasteiger partial charge in [0.25, 0.3) is 0 Å². The molecule has 0 amide bonds. The number of nitrogens with zero attached hydrogens (tertiary/aromatic N) is 2. The number of rotatable bonds is 5. The molecule has 0 spiro atoms. The molecule has 1 heterocycles. The van der Waals surface area contributed by atoms with Gasteiger partial charge in [-0.05, 0) is 19.9 Å². The summed E-state index contributed by atoms with van der Waals surface area (Å²) in [6.07, 6.45) is 1.68. The molecular weight excluding hydrogens is 245 g/mol. The van der Waals surface area contributed by atoms with Crippen LogP contribution in [0, 0.1) is 12.7 Å². The molecule has 0 saturated heterocycles. The van der Waals surface area contributed by atoms with Crippen molar-refractivity contribution in [2.75, 3.05) is 11.9 Å². The first kappa shape index (κ1) is 13.3. The topological polar surface area (TPSA) is 47.0 Å². The summed E-state index contributed by atoms with van der Waals surface area (Å²) < 4.78 is 19.0. The molecule has 100 valence electrons. The molecule has 5 heteroatoms. The molecule has 0 saturated carbocycles. The van der Waals surface area contributed by atoms with Gasteiger partial charge in [-0.3, -0.25) is 0 Å². The monoisotopic (exact) mass is 261 g/mol. The van der Waals surface area contributed by atoms with Crippen LogP contribution in [0.4, 0.5) is 10.3 Å². The fraction of sp³-hybridized carbons (Fsp3) is 0.286. The van der Waals surface area contributed by atoms with Crippen molar-refractivity contribution < 1.29 is 9.13 Å². The third kappa shape index (κ3) is 3.40. The predicted octanol–water partition coefficient (Wildman–Crippen LogP) is 2.93. The van der Waals surface area contributed by atoms with Crippen LogP contribution in [-0.2, 0) is 6.61 Å². The van der Waals surface area contributed by atoms with Crippen LogP contribution in [0.25, 0.3) is 0 Å². The summed E-state index contributed by atoms with van der Waals surface area (Å²) in [4.78, 5) is 8.36. The number of anilines is 1. The van der Waals surface area contributed by atoms with Crippen LogP contribution in [0.2, 0.25) is 0 Å². The Kier molecular flexibility index (Phi) is 4.28. The second-order valence-electron chi connectivity index (χ2n) is 4.09. The van der Waals surface area contributed by atoms with E-state index in [0.717, 1.165) is 12.1 Å². The summed E-state index contributed by atoms with van der Waals surface area (Å²) >= 11 is 0. The highest BCUT2D eigenvalue weighted by molar-refractivity contribution is 5.32. The van der Waals surface area contributed by atoms with Crippen molar-refractivity contribution in [3.63, 3.8) is 0 Å². The number of ether oxygens (including phenoxy) is 1. The number of aryl methyl sites for hydroxylation is 1. The fourth-order valence-corrected chi connectivity index (χ4v) is 1.58. The van der Waals surface area contributed by atoms with Crippen LogP contribution in [0.5, 0.6) is 5.88 Å². The van der Waals surface area contributed by atoms with Gasteiger partial charge in [-0.25, -0.2) is 9.37 Å². The summed E-state index contributed by atoms with van der Waals surface area (Å²) in [6, 6.07) is 6.53. The van der Waals surface area contributed by atoms with Crippen LogP contribution >= 0.6 is 0 Å². The van der Waals surface area contributed by atoms with Crippen LogP contribution in [0.1, 0.15) is 18.1 Å². The first-order chi connectivity index (χ1) is 9.20. The van der Waals surface area contributed by atoms with Crippen molar-refractivity contribution in [1.29, 1.82) is 0 Å². The van der Waals surface area contributed by atoms with E-state index in [4.69, 9.17) is 4.74 Å².